The maximum Gasteiger partial charge on any atom is 0.325 e. The zero-order chi connectivity index (χ0) is 24.1. The van der Waals surface area contributed by atoms with Gasteiger partial charge < -0.3 is 16.9 Å². The number of nitrogens with two attached hydrogens (primary N) is 2. The minimum absolute atomic E-state index is 0.145. The van der Waals surface area contributed by atoms with Crippen molar-refractivity contribution in [1.29, 1.82) is 0 Å². The molecule has 1 unspecified atom stereocenters. The molecule has 4 rings (SSSR count). The number of hydrazone groups is 1. The second-order valence-electron chi connectivity index (χ2n) is 8.49. The number of nitrogens with zero attached hydrogens (tertiary/aromatic N) is 2. The second-order valence-corrected chi connectivity index (χ2v) is 8.49. The highest BCUT2D eigenvalue weighted by Gasteiger charge is 2.51. The Morgan fingerprint density at radius 2 is 1.76 bits per heavy atom. The number of unbranched alkanes of at least 4 members (excludes halogenated alkanes) is 1. The van der Waals surface area contributed by atoms with Crippen molar-refractivity contribution >= 4 is 34.8 Å². The van der Waals surface area contributed by atoms with Crippen molar-refractivity contribution in [2.24, 2.45) is 16.7 Å². The van der Waals surface area contributed by atoms with Gasteiger partial charge in [-0.25, -0.2) is 4.79 Å². The SMILES string of the molecule is NN=Cc1ccc2ccc(CN3C(=O)NC(CCCCC(N)=O)(c4ccccc4)C3=O)cc2c1. The zero-order valence-electron chi connectivity index (χ0n) is 18.7. The first kappa shape index (κ1) is 23.0. The van der Waals surface area contributed by atoms with Crippen molar-refractivity contribution in [3.8, 4) is 0 Å². The molecule has 0 aromatic heterocycles. The van der Waals surface area contributed by atoms with E-state index < -0.39 is 11.6 Å². The summed E-state index contributed by atoms with van der Waals surface area (Å²) < 4.78 is 0. The molecule has 1 fully saturated rings. The number of benzene rings is 3. The Hall–Kier alpha value is -4.20. The summed E-state index contributed by atoms with van der Waals surface area (Å²) >= 11 is 0. The molecule has 8 nitrogen and oxygen atoms in total. The molecular weight excluding hydrogens is 430 g/mol. The van der Waals surface area contributed by atoms with Crippen LogP contribution >= 0.6 is 0 Å². The summed E-state index contributed by atoms with van der Waals surface area (Å²) in [7, 11) is 0. The molecule has 0 aliphatic carbocycles. The predicted molar refractivity (Wildman–Crippen MR) is 131 cm³/mol. The summed E-state index contributed by atoms with van der Waals surface area (Å²) in [5.41, 5.74) is 6.50. The van der Waals surface area contributed by atoms with E-state index in [0.717, 1.165) is 27.5 Å². The van der Waals surface area contributed by atoms with Gasteiger partial charge in [0, 0.05) is 6.42 Å². The third kappa shape index (κ3) is 4.61. The number of fused-ring (bicyclic) bond motifs is 1. The minimum Gasteiger partial charge on any atom is -0.370 e. The lowest BCUT2D eigenvalue weighted by Crippen LogP contribution is -2.44. The molecule has 3 aromatic carbocycles. The molecule has 4 amide bonds. The third-order valence-corrected chi connectivity index (χ3v) is 6.16. The van der Waals surface area contributed by atoms with Crippen LogP contribution in [0.1, 0.15) is 42.4 Å². The summed E-state index contributed by atoms with van der Waals surface area (Å²) in [6, 6.07) is 20.5. The monoisotopic (exact) mass is 457 g/mol. The van der Waals surface area contributed by atoms with E-state index in [1.807, 2.05) is 66.7 Å². The Kier molecular flexibility index (Phi) is 6.58. The number of amides is 4. The molecule has 1 saturated heterocycles. The lowest BCUT2D eigenvalue weighted by Gasteiger charge is -2.27. The molecule has 8 heteroatoms. The fourth-order valence-electron chi connectivity index (χ4n) is 4.45. The Morgan fingerprint density at radius 3 is 2.50 bits per heavy atom. The van der Waals surface area contributed by atoms with E-state index in [4.69, 9.17) is 11.6 Å². The van der Waals surface area contributed by atoms with Crippen LogP contribution in [0.2, 0.25) is 0 Å². The average molecular weight is 458 g/mol. The summed E-state index contributed by atoms with van der Waals surface area (Å²) in [6.45, 7) is 0.145. The maximum atomic E-state index is 13.7. The number of primary amides is 1. The van der Waals surface area contributed by atoms with Crippen LogP contribution in [0.4, 0.5) is 4.79 Å². The molecule has 0 radical (unpaired) electrons. The molecule has 3 aromatic rings. The van der Waals surface area contributed by atoms with Gasteiger partial charge >= 0.3 is 6.03 Å². The van der Waals surface area contributed by atoms with Crippen LogP contribution in [0.25, 0.3) is 10.8 Å². The van der Waals surface area contributed by atoms with Gasteiger partial charge in [-0.05, 0) is 58.9 Å². The van der Waals surface area contributed by atoms with E-state index in [0.29, 0.717) is 19.3 Å². The number of hydrogen-bond acceptors (Lipinski definition) is 5. The number of hydrogen-bond donors (Lipinski definition) is 3. The van der Waals surface area contributed by atoms with Crippen molar-refractivity contribution in [3.63, 3.8) is 0 Å². The first-order chi connectivity index (χ1) is 16.4. The van der Waals surface area contributed by atoms with Gasteiger partial charge in [-0.3, -0.25) is 14.5 Å². The number of imide groups is 1. The van der Waals surface area contributed by atoms with E-state index >= 15 is 0 Å². The van der Waals surface area contributed by atoms with Crippen molar-refractivity contribution in [1.82, 2.24) is 10.2 Å². The van der Waals surface area contributed by atoms with Crippen LogP contribution in [0, 0.1) is 0 Å². The molecule has 5 N–H and O–H groups in total. The molecule has 0 bridgehead atoms. The summed E-state index contributed by atoms with van der Waals surface area (Å²) in [4.78, 5) is 39.1. The second kappa shape index (κ2) is 9.74. The van der Waals surface area contributed by atoms with E-state index in [9.17, 15) is 14.4 Å². The smallest absolute Gasteiger partial charge is 0.325 e. The topological polar surface area (TPSA) is 131 Å². The first-order valence-electron chi connectivity index (χ1n) is 11.2. The predicted octanol–water partition coefficient (Wildman–Crippen LogP) is 3.13. The van der Waals surface area contributed by atoms with E-state index in [1.165, 1.54) is 4.90 Å². The van der Waals surface area contributed by atoms with Gasteiger partial charge in [0.05, 0.1) is 12.8 Å². The van der Waals surface area contributed by atoms with E-state index in [1.54, 1.807) is 6.21 Å². The maximum absolute atomic E-state index is 13.7. The van der Waals surface area contributed by atoms with Gasteiger partial charge in [0.2, 0.25) is 5.91 Å². The Morgan fingerprint density at radius 1 is 1.00 bits per heavy atom. The average Bonchev–Trinajstić information content (AvgIpc) is 3.07. The van der Waals surface area contributed by atoms with Crippen molar-refractivity contribution in [2.45, 2.75) is 37.8 Å². The quantitative estimate of drug-likeness (QED) is 0.150. The summed E-state index contributed by atoms with van der Waals surface area (Å²) in [5, 5.41) is 8.50. The van der Waals surface area contributed by atoms with Gasteiger partial charge in [-0.15, -0.1) is 0 Å². The minimum atomic E-state index is -1.17. The number of urea groups is 1. The summed E-state index contributed by atoms with van der Waals surface area (Å²) in [6.07, 6.45) is 3.30. The number of nitrogens with one attached hydrogen (secondary N) is 1. The van der Waals surface area contributed by atoms with Gasteiger partial charge in [-0.1, -0.05) is 54.6 Å². The van der Waals surface area contributed by atoms with Crippen LogP contribution in [0.5, 0.6) is 0 Å². The molecule has 1 heterocycles. The number of rotatable bonds is 9. The van der Waals surface area contributed by atoms with Crippen LogP contribution in [0.15, 0.2) is 71.8 Å². The van der Waals surface area contributed by atoms with Crippen molar-refractivity contribution in [2.75, 3.05) is 0 Å². The van der Waals surface area contributed by atoms with Crippen LogP contribution in [0.3, 0.4) is 0 Å². The Balaban J connectivity index is 1.61. The Bertz CT molecular complexity index is 1260. The fourth-order valence-corrected chi connectivity index (χ4v) is 4.45. The molecule has 1 aliphatic rings. The van der Waals surface area contributed by atoms with Gasteiger partial charge in [0.1, 0.15) is 5.54 Å². The van der Waals surface area contributed by atoms with Crippen molar-refractivity contribution < 1.29 is 14.4 Å². The van der Waals surface area contributed by atoms with Crippen LogP contribution in [-0.2, 0) is 21.7 Å². The molecule has 1 atom stereocenters. The largest absolute Gasteiger partial charge is 0.370 e. The summed E-state index contributed by atoms with van der Waals surface area (Å²) in [5.74, 6) is 4.58. The molecular formula is C26H27N5O3. The van der Waals surface area contributed by atoms with Gasteiger partial charge in [-0.2, -0.15) is 5.10 Å². The van der Waals surface area contributed by atoms with Crippen LogP contribution in [-0.4, -0.2) is 29.0 Å². The van der Waals surface area contributed by atoms with Gasteiger partial charge in [0.25, 0.3) is 5.91 Å². The third-order valence-electron chi connectivity index (χ3n) is 6.16. The normalized spacial score (nSPS) is 18.1. The fraction of sp³-hybridized carbons (Fsp3) is 0.231. The first-order valence-corrected chi connectivity index (χ1v) is 11.2. The molecule has 1 aliphatic heterocycles. The lowest BCUT2D eigenvalue weighted by atomic mass is 9.84. The molecule has 0 spiro atoms. The molecule has 0 saturated carbocycles. The highest BCUT2D eigenvalue weighted by atomic mass is 16.2. The lowest BCUT2D eigenvalue weighted by molar-refractivity contribution is -0.132. The van der Waals surface area contributed by atoms with E-state index in [-0.39, 0.29) is 24.8 Å². The van der Waals surface area contributed by atoms with Crippen LogP contribution < -0.4 is 16.9 Å². The highest BCUT2D eigenvalue weighted by Crippen LogP contribution is 2.35. The molecule has 174 valence electrons. The van der Waals surface area contributed by atoms with E-state index in [2.05, 4.69) is 10.4 Å². The van der Waals surface area contributed by atoms with Crippen molar-refractivity contribution in [3.05, 3.63) is 83.4 Å². The highest BCUT2D eigenvalue weighted by molar-refractivity contribution is 6.07. The zero-order valence-corrected chi connectivity index (χ0v) is 18.7. The number of carbonyl (C=O) groups excluding carboxylic acids is 3. The molecule has 34 heavy (non-hydrogen) atoms. The number of carbonyl (C=O) groups is 3. The Labute approximate surface area is 197 Å². The van der Waals surface area contributed by atoms with Gasteiger partial charge in [0.15, 0.2) is 0 Å². The standard InChI is InChI=1S/C26H27N5O3/c27-23(32)8-4-5-13-26(22-6-2-1-3-7-22)24(33)31(25(34)30-26)17-19-10-12-20-11-9-18(16-29-28)14-21(20)15-19/h1-3,6-7,9-12,14-16H,4-5,8,13,17,28H2,(H2,27,32)(H,30,34).